The van der Waals surface area contributed by atoms with Crippen molar-refractivity contribution in [2.24, 2.45) is 0 Å². The Kier molecular flexibility index (Phi) is 6.62. The van der Waals surface area contributed by atoms with Crippen molar-refractivity contribution in [2.75, 3.05) is 0 Å². The molecule has 0 radical (unpaired) electrons. The Labute approximate surface area is 50.0 Å². The van der Waals surface area contributed by atoms with Crippen molar-refractivity contribution in [1.82, 2.24) is 0 Å². The van der Waals surface area contributed by atoms with E-state index >= 15 is 0 Å². The summed E-state index contributed by atoms with van der Waals surface area (Å²) in [6.07, 6.45) is 0. The second-order valence-electron chi connectivity index (χ2n) is 2.06. The molecule has 0 spiro atoms. The smallest absolute Gasteiger partial charge is 0.0738 e. The molecule has 0 aromatic heterocycles. The van der Waals surface area contributed by atoms with E-state index in [1.165, 1.54) is 35.5 Å². The normalized spacial score (nSPS) is 6.57. The Bertz CT molecular complexity index is 25.3. The Balaban J connectivity index is 2.45. The zero-order chi connectivity index (χ0) is 5.54. The first-order valence-corrected chi connectivity index (χ1v) is 3.41. The zero-order valence-electron chi connectivity index (χ0n) is 5.54. The van der Waals surface area contributed by atoms with Crippen LogP contribution in [0.5, 0.6) is 0 Å². The third-order valence-electron chi connectivity index (χ3n) is 1.21. The quantitative estimate of drug-likeness (QED) is 0.274. The standard InChI is InChI=1S/C2H11B5/c1-3-5-7-6-4-2/h3-7H,1-2H3. The summed E-state index contributed by atoms with van der Waals surface area (Å²) in [6, 6.07) is 0. The van der Waals surface area contributed by atoms with Crippen molar-refractivity contribution in [3.05, 3.63) is 0 Å². The van der Waals surface area contributed by atoms with E-state index in [1.807, 2.05) is 0 Å². The molecule has 0 saturated carbocycles. The fourth-order valence-electron chi connectivity index (χ4n) is 0.677. The Morgan fingerprint density at radius 2 is 1.14 bits per heavy atom. The summed E-state index contributed by atoms with van der Waals surface area (Å²) >= 11 is 0. The van der Waals surface area contributed by atoms with Gasteiger partial charge in [0.1, 0.15) is 0 Å². The summed E-state index contributed by atoms with van der Waals surface area (Å²) in [6.45, 7) is 4.49. The van der Waals surface area contributed by atoms with Crippen LogP contribution in [0, 0.1) is 0 Å². The van der Waals surface area contributed by atoms with Crippen LogP contribution in [0.2, 0.25) is 13.6 Å². The van der Waals surface area contributed by atoms with E-state index in [1.54, 1.807) is 0 Å². The lowest BCUT2D eigenvalue weighted by Gasteiger charge is -1.81. The topological polar surface area (TPSA) is 0 Å². The molecule has 0 aromatic rings. The van der Waals surface area contributed by atoms with Gasteiger partial charge in [-0.1, -0.05) is 13.6 Å². The van der Waals surface area contributed by atoms with Gasteiger partial charge >= 0.3 is 0 Å². The predicted octanol–water partition coefficient (Wildman–Crippen LogP) is -2.07. The van der Waals surface area contributed by atoms with E-state index in [2.05, 4.69) is 13.6 Å². The first-order valence-electron chi connectivity index (χ1n) is 3.41. The molecule has 34 valence electrons. The lowest BCUT2D eigenvalue weighted by molar-refractivity contribution is 2.36. The molecule has 7 heavy (non-hydrogen) atoms. The van der Waals surface area contributed by atoms with Gasteiger partial charge in [0.05, 0.1) is 14.3 Å². The molecule has 0 aliphatic heterocycles. The molecule has 0 rings (SSSR count). The van der Waals surface area contributed by atoms with E-state index in [4.69, 9.17) is 0 Å². The Morgan fingerprint density at radius 3 is 1.43 bits per heavy atom. The molecule has 5 heteroatoms. The lowest BCUT2D eigenvalue weighted by Crippen LogP contribution is -2.20. The van der Waals surface area contributed by atoms with Gasteiger partial charge in [-0.05, 0) is 0 Å². The third-order valence-corrected chi connectivity index (χ3v) is 1.21. The van der Waals surface area contributed by atoms with Gasteiger partial charge < -0.3 is 0 Å². The maximum atomic E-state index is 2.25. The van der Waals surface area contributed by atoms with E-state index in [0.717, 1.165) is 0 Å². The summed E-state index contributed by atoms with van der Waals surface area (Å²) < 4.78 is 0. The molecule has 0 aliphatic rings. The first-order chi connectivity index (χ1) is 3.41. The van der Waals surface area contributed by atoms with Gasteiger partial charge in [0.2, 0.25) is 0 Å². The predicted molar refractivity (Wildman–Crippen MR) is 47.5 cm³/mol. The van der Waals surface area contributed by atoms with E-state index in [-0.39, 0.29) is 0 Å². The van der Waals surface area contributed by atoms with Gasteiger partial charge in [0, 0.05) is 21.2 Å². The highest BCUT2D eigenvalue weighted by molar-refractivity contribution is 7.53. The molecule has 0 aliphatic carbocycles. The highest BCUT2D eigenvalue weighted by Crippen LogP contribution is 1.54. The van der Waals surface area contributed by atoms with Crippen molar-refractivity contribution in [3.63, 3.8) is 0 Å². The van der Waals surface area contributed by atoms with Crippen LogP contribution in [0.4, 0.5) is 0 Å². The summed E-state index contributed by atoms with van der Waals surface area (Å²) in [5.41, 5.74) is 0. The maximum absolute atomic E-state index is 2.25. The number of hydrogen-bond donors (Lipinski definition) is 0. The molecule has 0 heterocycles. The molecule has 0 unspecified atom stereocenters. The number of hydrogen-bond acceptors (Lipinski definition) is 0. The Morgan fingerprint density at radius 1 is 0.714 bits per heavy atom. The third kappa shape index (κ3) is 6.32. The van der Waals surface area contributed by atoms with Crippen molar-refractivity contribution >= 4 is 35.5 Å². The highest BCUT2D eigenvalue weighted by atomic mass is 12.9. The molecule has 0 bridgehead atoms. The van der Waals surface area contributed by atoms with Crippen molar-refractivity contribution in [1.29, 1.82) is 0 Å². The summed E-state index contributed by atoms with van der Waals surface area (Å²) in [5, 5.41) is 0. The van der Waals surface area contributed by atoms with Crippen LogP contribution in [0.15, 0.2) is 0 Å². The first kappa shape index (κ1) is 7.32. The van der Waals surface area contributed by atoms with Crippen molar-refractivity contribution < 1.29 is 0 Å². The van der Waals surface area contributed by atoms with Crippen LogP contribution in [0.1, 0.15) is 0 Å². The van der Waals surface area contributed by atoms with Crippen LogP contribution < -0.4 is 0 Å². The van der Waals surface area contributed by atoms with Gasteiger partial charge in [-0.3, -0.25) is 0 Å². The van der Waals surface area contributed by atoms with Crippen LogP contribution in [0.3, 0.4) is 0 Å². The maximum Gasteiger partial charge on any atom is 0.0738 e. The molecule has 0 amide bonds. The SMILES string of the molecule is CBBBBBC. The zero-order valence-corrected chi connectivity index (χ0v) is 5.54. The molecule has 0 nitrogen and oxygen atoms in total. The fraction of sp³-hybridized carbons (Fsp3) is 1.00. The van der Waals surface area contributed by atoms with Crippen LogP contribution >= 0.6 is 0 Å². The van der Waals surface area contributed by atoms with Gasteiger partial charge in [0.25, 0.3) is 0 Å². The van der Waals surface area contributed by atoms with Crippen molar-refractivity contribution in [2.45, 2.75) is 13.6 Å². The van der Waals surface area contributed by atoms with Gasteiger partial charge in [0.15, 0.2) is 0 Å². The van der Waals surface area contributed by atoms with E-state index in [9.17, 15) is 0 Å². The molecule has 0 atom stereocenters. The van der Waals surface area contributed by atoms with E-state index < -0.39 is 0 Å². The van der Waals surface area contributed by atoms with Crippen LogP contribution in [-0.4, -0.2) is 35.5 Å². The fourth-order valence-corrected chi connectivity index (χ4v) is 0.677. The average Bonchev–Trinajstić information content (AvgIpc) is 1.69. The minimum absolute atomic E-state index is 1.36. The lowest BCUT2D eigenvalue weighted by atomic mass is 9.02. The van der Waals surface area contributed by atoms with Crippen LogP contribution in [-0.2, 0) is 0 Å². The summed E-state index contributed by atoms with van der Waals surface area (Å²) in [4.78, 5) is 0. The minimum atomic E-state index is 1.36. The molecule has 0 saturated heterocycles. The summed E-state index contributed by atoms with van der Waals surface area (Å²) in [5.74, 6) is 0. The average molecular weight is 89.2 g/mol. The monoisotopic (exact) mass is 90.1 g/mol. The molecular formula is C2H11B5. The van der Waals surface area contributed by atoms with Crippen LogP contribution in [0.25, 0.3) is 0 Å². The summed E-state index contributed by atoms with van der Waals surface area (Å²) in [7, 11) is 7.01. The van der Waals surface area contributed by atoms with Crippen molar-refractivity contribution in [3.8, 4) is 0 Å². The van der Waals surface area contributed by atoms with E-state index in [0.29, 0.717) is 0 Å². The van der Waals surface area contributed by atoms with Gasteiger partial charge in [-0.25, -0.2) is 0 Å². The van der Waals surface area contributed by atoms with Gasteiger partial charge in [-0.2, -0.15) is 0 Å². The second kappa shape index (κ2) is 6.32. The molecular weight excluding hydrogens is 78.1 g/mol. The number of rotatable bonds is 4. The largest absolute Gasteiger partial charge is 0.0966 e. The van der Waals surface area contributed by atoms with Gasteiger partial charge in [-0.15, -0.1) is 0 Å². The second-order valence-corrected chi connectivity index (χ2v) is 2.06. The highest BCUT2D eigenvalue weighted by Gasteiger charge is 1.89. The molecule has 0 N–H and O–H groups in total. The molecule has 0 fully saturated rings. The minimum Gasteiger partial charge on any atom is -0.0966 e. The molecule has 0 aromatic carbocycles. The Hall–Kier alpha value is 0.325.